The SMILES string of the molecule is CN=C(NCCn1cccc1)NCc1ccc(F)c(Cl)c1.I. The minimum atomic E-state index is -0.408. The molecule has 1 heterocycles. The second kappa shape index (κ2) is 9.68. The predicted octanol–water partition coefficient (Wildman–Crippen LogP) is 3.26. The van der Waals surface area contributed by atoms with Crippen molar-refractivity contribution in [1.29, 1.82) is 0 Å². The van der Waals surface area contributed by atoms with E-state index >= 15 is 0 Å². The van der Waals surface area contributed by atoms with Crippen molar-refractivity contribution in [1.82, 2.24) is 15.2 Å². The second-order valence-electron chi connectivity index (χ2n) is 4.52. The van der Waals surface area contributed by atoms with E-state index in [1.54, 1.807) is 19.2 Å². The zero-order valence-electron chi connectivity index (χ0n) is 12.2. The second-order valence-corrected chi connectivity index (χ2v) is 4.93. The summed E-state index contributed by atoms with van der Waals surface area (Å²) in [5.41, 5.74) is 0.898. The van der Waals surface area contributed by atoms with Gasteiger partial charge in [-0.3, -0.25) is 4.99 Å². The van der Waals surface area contributed by atoms with E-state index in [0.29, 0.717) is 12.5 Å². The molecule has 0 amide bonds. The van der Waals surface area contributed by atoms with E-state index in [1.807, 2.05) is 24.5 Å². The normalized spacial score (nSPS) is 11.0. The molecule has 0 radical (unpaired) electrons. The van der Waals surface area contributed by atoms with E-state index in [0.717, 1.165) is 18.7 Å². The molecule has 120 valence electrons. The Morgan fingerprint density at radius 1 is 1.27 bits per heavy atom. The lowest BCUT2D eigenvalue weighted by Crippen LogP contribution is -2.38. The zero-order valence-corrected chi connectivity index (χ0v) is 15.3. The van der Waals surface area contributed by atoms with E-state index in [9.17, 15) is 4.39 Å². The molecule has 0 unspecified atom stereocenters. The van der Waals surface area contributed by atoms with Crippen LogP contribution in [0.15, 0.2) is 47.7 Å². The van der Waals surface area contributed by atoms with Gasteiger partial charge in [-0.2, -0.15) is 0 Å². The number of halogens is 3. The van der Waals surface area contributed by atoms with E-state index in [-0.39, 0.29) is 29.0 Å². The van der Waals surface area contributed by atoms with Crippen molar-refractivity contribution in [3.05, 3.63) is 59.1 Å². The molecule has 0 aliphatic carbocycles. The van der Waals surface area contributed by atoms with Gasteiger partial charge in [0.2, 0.25) is 0 Å². The van der Waals surface area contributed by atoms with Crippen LogP contribution >= 0.6 is 35.6 Å². The lowest BCUT2D eigenvalue weighted by molar-refractivity contribution is 0.627. The molecule has 1 aromatic carbocycles. The molecule has 0 spiro atoms. The number of benzene rings is 1. The molecule has 2 rings (SSSR count). The Labute approximate surface area is 151 Å². The topological polar surface area (TPSA) is 41.4 Å². The van der Waals surface area contributed by atoms with E-state index in [1.165, 1.54) is 6.07 Å². The first kappa shape index (κ1) is 18.8. The van der Waals surface area contributed by atoms with Crippen LogP contribution in [0.3, 0.4) is 0 Å². The molecule has 0 atom stereocenters. The first-order chi connectivity index (χ1) is 10.2. The summed E-state index contributed by atoms with van der Waals surface area (Å²) in [6, 6.07) is 8.65. The number of hydrogen-bond donors (Lipinski definition) is 2. The molecular weight excluding hydrogens is 418 g/mol. The zero-order chi connectivity index (χ0) is 15.1. The predicted molar refractivity (Wildman–Crippen MR) is 99.5 cm³/mol. The number of aromatic nitrogens is 1. The van der Waals surface area contributed by atoms with Gasteiger partial charge in [-0.15, -0.1) is 24.0 Å². The van der Waals surface area contributed by atoms with Crippen LogP contribution in [0.2, 0.25) is 5.02 Å². The van der Waals surface area contributed by atoms with Gasteiger partial charge in [-0.25, -0.2) is 4.39 Å². The Hall–Kier alpha value is -1.28. The quantitative estimate of drug-likeness (QED) is 0.429. The monoisotopic (exact) mass is 436 g/mol. The summed E-state index contributed by atoms with van der Waals surface area (Å²) >= 11 is 5.75. The lowest BCUT2D eigenvalue weighted by Gasteiger charge is -2.12. The minimum absolute atomic E-state index is 0. The third kappa shape index (κ3) is 5.84. The summed E-state index contributed by atoms with van der Waals surface area (Å²) < 4.78 is 15.2. The maximum absolute atomic E-state index is 13.1. The Morgan fingerprint density at radius 2 is 2.00 bits per heavy atom. The first-order valence-electron chi connectivity index (χ1n) is 6.68. The Morgan fingerprint density at radius 3 is 2.64 bits per heavy atom. The van der Waals surface area contributed by atoms with Crippen molar-refractivity contribution >= 4 is 41.5 Å². The molecule has 7 heteroatoms. The third-order valence-corrected chi connectivity index (χ3v) is 3.29. The molecule has 0 fully saturated rings. The van der Waals surface area contributed by atoms with Gasteiger partial charge in [0, 0.05) is 39.1 Å². The van der Waals surface area contributed by atoms with Gasteiger partial charge in [0.05, 0.1) is 5.02 Å². The first-order valence-corrected chi connectivity index (χ1v) is 7.06. The largest absolute Gasteiger partial charge is 0.355 e. The summed E-state index contributed by atoms with van der Waals surface area (Å²) in [6.45, 7) is 2.15. The van der Waals surface area contributed by atoms with Gasteiger partial charge in [0.25, 0.3) is 0 Å². The number of nitrogens with zero attached hydrogens (tertiary/aromatic N) is 2. The van der Waals surface area contributed by atoms with Gasteiger partial charge in [0.15, 0.2) is 5.96 Å². The van der Waals surface area contributed by atoms with Crippen molar-refractivity contribution < 1.29 is 4.39 Å². The van der Waals surface area contributed by atoms with Crippen LogP contribution in [0.5, 0.6) is 0 Å². The molecule has 2 N–H and O–H groups in total. The Kier molecular flexibility index (Phi) is 8.26. The van der Waals surface area contributed by atoms with Crippen LogP contribution in [-0.2, 0) is 13.1 Å². The molecule has 0 saturated heterocycles. The molecule has 2 aromatic rings. The van der Waals surface area contributed by atoms with Gasteiger partial charge in [-0.1, -0.05) is 17.7 Å². The molecule has 0 aliphatic heterocycles. The van der Waals surface area contributed by atoms with E-state index in [2.05, 4.69) is 20.2 Å². The van der Waals surface area contributed by atoms with E-state index < -0.39 is 5.82 Å². The highest BCUT2D eigenvalue weighted by molar-refractivity contribution is 14.0. The maximum atomic E-state index is 13.1. The maximum Gasteiger partial charge on any atom is 0.191 e. The van der Waals surface area contributed by atoms with Crippen molar-refractivity contribution in [2.45, 2.75) is 13.1 Å². The van der Waals surface area contributed by atoms with Crippen LogP contribution < -0.4 is 10.6 Å². The van der Waals surface area contributed by atoms with Crippen LogP contribution in [0.1, 0.15) is 5.56 Å². The number of guanidine groups is 1. The average molecular weight is 437 g/mol. The van der Waals surface area contributed by atoms with Gasteiger partial charge >= 0.3 is 0 Å². The smallest absolute Gasteiger partial charge is 0.191 e. The molecule has 0 bridgehead atoms. The average Bonchev–Trinajstić information content (AvgIpc) is 2.99. The van der Waals surface area contributed by atoms with Crippen molar-refractivity contribution in [3.63, 3.8) is 0 Å². The molecule has 0 saturated carbocycles. The highest BCUT2D eigenvalue weighted by Crippen LogP contribution is 2.15. The van der Waals surface area contributed by atoms with Crippen LogP contribution in [0.25, 0.3) is 0 Å². The fraction of sp³-hybridized carbons (Fsp3) is 0.267. The number of aliphatic imine (C=N–C) groups is 1. The van der Waals surface area contributed by atoms with Gasteiger partial charge in [0.1, 0.15) is 5.82 Å². The molecule has 1 aromatic heterocycles. The van der Waals surface area contributed by atoms with E-state index in [4.69, 9.17) is 11.6 Å². The Bertz CT molecular complexity index is 602. The van der Waals surface area contributed by atoms with Crippen molar-refractivity contribution in [3.8, 4) is 0 Å². The van der Waals surface area contributed by atoms with Crippen LogP contribution in [0.4, 0.5) is 4.39 Å². The van der Waals surface area contributed by atoms with Crippen molar-refractivity contribution in [2.24, 2.45) is 4.99 Å². The fourth-order valence-corrected chi connectivity index (χ4v) is 2.08. The highest BCUT2D eigenvalue weighted by Gasteiger charge is 2.02. The molecule has 4 nitrogen and oxygen atoms in total. The molecule has 22 heavy (non-hydrogen) atoms. The van der Waals surface area contributed by atoms with Gasteiger partial charge in [-0.05, 0) is 29.8 Å². The fourth-order valence-electron chi connectivity index (χ4n) is 1.88. The lowest BCUT2D eigenvalue weighted by atomic mass is 10.2. The standard InChI is InChI=1S/C15H18ClFN4.HI/c1-18-15(19-6-9-21-7-2-3-8-21)20-11-12-4-5-14(17)13(16)10-12;/h2-5,7-8,10H,6,9,11H2,1H3,(H2,18,19,20);1H. The summed E-state index contributed by atoms with van der Waals surface area (Å²) in [6.07, 6.45) is 4.02. The summed E-state index contributed by atoms with van der Waals surface area (Å²) in [7, 11) is 1.71. The van der Waals surface area contributed by atoms with Crippen LogP contribution in [-0.4, -0.2) is 24.1 Å². The minimum Gasteiger partial charge on any atom is -0.355 e. The number of rotatable bonds is 5. The summed E-state index contributed by atoms with van der Waals surface area (Å²) in [4.78, 5) is 4.14. The third-order valence-electron chi connectivity index (χ3n) is 3.00. The highest BCUT2D eigenvalue weighted by atomic mass is 127. The Balaban J connectivity index is 0.00000242. The number of nitrogens with one attached hydrogen (secondary N) is 2. The summed E-state index contributed by atoms with van der Waals surface area (Å²) in [5.74, 6) is 0.289. The molecular formula is C15H19ClFIN4. The molecule has 0 aliphatic rings. The van der Waals surface area contributed by atoms with Gasteiger partial charge < -0.3 is 15.2 Å². The van der Waals surface area contributed by atoms with Crippen molar-refractivity contribution in [2.75, 3.05) is 13.6 Å². The summed E-state index contributed by atoms with van der Waals surface area (Å²) in [5, 5.41) is 6.51. The van der Waals surface area contributed by atoms with Crippen LogP contribution in [0, 0.1) is 5.82 Å². The number of hydrogen-bond acceptors (Lipinski definition) is 1.